The molecule has 0 fully saturated rings. The number of ether oxygens (including phenoxy) is 2. The summed E-state index contributed by atoms with van der Waals surface area (Å²) in [4.78, 5) is 8.09. The minimum absolute atomic E-state index is 0.112. The monoisotopic (exact) mass is 260 g/mol. The Morgan fingerprint density at radius 1 is 1.57 bits per heavy atom. The van der Waals surface area contributed by atoms with Gasteiger partial charge in [-0.1, -0.05) is 6.92 Å². The normalized spacial score (nSPS) is 12.3. The van der Waals surface area contributed by atoms with E-state index < -0.39 is 0 Å². The Bertz CT molecular complexity index is 307. The maximum Gasteiger partial charge on any atom is 0.320 e. The Morgan fingerprint density at radius 3 is 2.86 bits per heavy atom. The number of rotatable bonds is 4. The third kappa shape index (κ3) is 2.83. The summed E-state index contributed by atoms with van der Waals surface area (Å²) in [5.74, 6) is 0.485. The van der Waals surface area contributed by atoms with Gasteiger partial charge in [-0.2, -0.15) is 4.98 Å². The standard InChI is InChI=1S/C9H13BrN2O2/c1-4-6(2)14-9-11-5-7(10)8(12-9)13-3/h5-6H,4H2,1-3H3. The summed E-state index contributed by atoms with van der Waals surface area (Å²) in [6.45, 7) is 4.01. The van der Waals surface area contributed by atoms with Crippen molar-refractivity contribution in [3.63, 3.8) is 0 Å². The number of aromatic nitrogens is 2. The quantitative estimate of drug-likeness (QED) is 0.834. The maximum absolute atomic E-state index is 5.44. The van der Waals surface area contributed by atoms with Gasteiger partial charge in [0.2, 0.25) is 5.88 Å². The van der Waals surface area contributed by atoms with Crippen LogP contribution in [0, 0.1) is 0 Å². The first-order chi connectivity index (χ1) is 6.67. The second-order valence-corrected chi connectivity index (χ2v) is 3.70. The molecule has 1 unspecified atom stereocenters. The molecule has 0 saturated carbocycles. The third-order valence-electron chi connectivity index (χ3n) is 1.76. The van der Waals surface area contributed by atoms with Gasteiger partial charge in [-0.15, -0.1) is 0 Å². The van der Waals surface area contributed by atoms with E-state index in [2.05, 4.69) is 25.9 Å². The molecule has 0 N–H and O–H groups in total. The molecule has 14 heavy (non-hydrogen) atoms. The van der Waals surface area contributed by atoms with Crippen LogP contribution in [-0.2, 0) is 0 Å². The van der Waals surface area contributed by atoms with Crippen LogP contribution in [-0.4, -0.2) is 23.2 Å². The van der Waals surface area contributed by atoms with Crippen LogP contribution in [0.1, 0.15) is 20.3 Å². The predicted octanol–water partition coefficient (Wildman–Crippen LogP) is 2.43. The second-order valence-electron chi connectivity index (χ2n) is 2.85. The number of hydrogen-bond donors (Lipinski definition) is 0. The van der Waals surface area contributed by atoms with Crippen LogP contribution < -0.4 is 9.47 Å². The van der Waals surface area contributed by atoms with E-state index >= 15 is 0 Å². The molecule has 4 nitrogen and oxygen atoms in total. The van der Waals surface area contributed by atoms with Gasteiger partial charge in [0, 0.05) is 0 Å². The second kappa shape index (κ2) is 5.14. The highest BCUT2D eigenvalue weighted by Crippen LogP contribution is 2.23. The third-order valence-corrected chi connectivity index (χ3v) is 2.31. The topological polar surface area (TPSA) is 44.2 Å². The molecule has 1 atom stereocenters. The predicted molar refractivity (Wildman–Crippen MR) is 56.7 cm³/mol. The van der Waals surface area contributed by atoms with Crippen molar-refractivity contribution in [2.24, 2.45) is 0 Å². The molecule has 1 rings (SSSR count). The van der Waals surface area contributed by atoms with Gasteiger partial charge in [-0.05, 0) is 29.3 Å². The fourth-order valence-electron chi connectivity index (χ4n) is 0.799. The van der Waals surface area contributed by atoms with Crippen LogP contribution in [0.4, 0.5) is 0 Å². The van der Waals surface area contributed by atoms with Crippen LogP contribution in [0.5, 0.6) is 11.9 Å². The van der Waals surface area contributed by atoms with Crippen molar-refractivity contribution in [2.75, 3.05) is 7.11 Å². The zero-order valence-electron chi connectivity index (χ0n) is 8.45. The largest absolute Gasteiger partial charge is 0.480 e. The van der Waals surface area contributed by atoms with Crippen molar-refractivity contribution in [3.05, 3.63) is 10.7 Å². The van der Waals surface area contributed by atoms with Gasteiger partial charge in [0.15, 0.2) is 0 Å². The van der Waals surface area contributed by atoms with E-state index in [1.165, 1.54) is 0 Å². The van der Waals surface area contributed by atoms with E-state index in [1.807, 2.05) is 13.8 Å². The van der Waals surface area contributed by atoms with Crippen molar-refractivity contribution < 1.29 is 9.47 Å². The number of hydrogen-bond acceptors (Lipinski definition) is 4. The van der Waals surface area contributed by atoms with E-state index in [0.717, 1.165) is 10.9 Å². The van der Waals surface area contributed by atoms with E-state index in [1.54, 1.807) is 13.3 Å². The Balaban J connectivity index is 2.79. The summed E-state index contributed by atoms with van der Waals surface area (Å²) < 4.78 is 11.2. The molecule has 1 aromatic rings. The molecule has 0 aliphatic rings. The smallest absolute Gasteiger partial charge is 0.320 e. The number of halogens is 1. The van der Waals surface area contributed by atoms with Crippen LogP contribution >= 0.6 is 15.9 Å². The molecule has 1 aromatic heterocycles. The highest BCUT2D eigenvalue weighted by molar-refractivity contribution is 9.10. The zero-order chi connectivity index (χ0) is 10.6. The van der Waals surface area contributed by atoms with E-state index in [0.29, 0.717) is 11.9 Å². The van der Waals surface area contributed by atoms with Gasteiger partial charge >= 0.3 is 6.01 Å². The SMILES string of the molecule is CCC(C)Oc1ncc(Br)c(OC)n1. The summed E-state index contributed by atoms with van der Waals surface area (Å²) in [6, 6.07) is 0.347. The molecule has 1 heterocycles. The molecular weight excluding hydrogens is 248 g/mol. The van der Waals surface area contributed by atoms with Crippen molar-refractivity contribution >= 4 is 15.9 Å². The van der Waals surface area contributed by atoms with Gasteiger partial charge in [0.25, 0.3) is 0 Å². The Kier molecular flexibility index (Phi) is 4.13. The van der Waals surface area contributed by atoms with E-state index in [9.17, 15) is 0 Å². The highest BCUT2D eigenvalue weighted by Gasteiger charge is 2.08. The average molecular weight is 261 g/mol. The first-order valence-corrected chi connectivity index (χ1v) is 5.19. The van der Waals surface area contributed by atoms with Gasteiger partial charge in [-0.25, -0.2) is 4.98 Å². The lowest BCUT2D eigenvalue weighted by Gasteiger charge is -2.11. The summed E-state index contributed by atoms with van der Waals surface area (Å²) in [5.41, 5.74) is 0. The van der Waals surface area contributed by atoms with Crippen LogP contribution in [0.25, 0.3) is 0 Å². The highest BCUT2D eigenvalue weighted by atomic mass is 79.9. The summed E-state index contributed by atoms with van der Waals surface area (Å²) in [5, 5.41) is 0. The van der Waals surface area contributed by atoms with E-state index in [-0.39, 0.29) is 6.10 Å². The molecule has 0 aromatic carbocycles. The fourth-order valence-corrected chi connectivity index (χ4v) is 1.15. The molecular formula is C9H13BrN2O2. The van der Waals surface area contributed by atoms with Crippen LogP contribution in [0.15, 0.2) is 10.7 Å². The van der Waals surface area contributed by atoms with Gasteiger partial charge < -0.3 is 9.47 Å². The first kappa shape index (κ1) is 11.2. The fraction of sp³-hybridized carbons (Fsp3) is 0.556. The minimum atomic E-state index is 0.112. The zero-order valence-corrected chi connectivity index (χ0v) is 10.0. The molecule has 0 aliphatic heterocycles. The minimum Gasteiger partial charge on any atom is -0.480 e. The van der Waals surface area contributed by atoms with Crippen LogP contribution in [0.3, 0.4) is 0 Å². The molecule has 0 amide bonds. The lowest BCUT2D eigenvalue weighted by Crippen LogP contribution is -2.12. The maximum atomic E-state index is 5.44. The average Bonchev–Trinajstić information content (AvgIpc) is 2.20. The molecule has 0 radical (unpaired) electrons. The lowest BCUT2D eigenvalue weighted by atomic mass is 10.3. The molecule has 78 valence electrons. The van der Waals surface area contributed by atoms with Crippen molar-refractivity contribution in [1.29, 1.82) is 0 Å². The van der Waals surface area contributed by atoms with Gasteiger partial charge in [0.1, 0.15) is 0 Å². The lowest BCUT2D eigenvalue weighted by molar-refractivity contribution is 0.196. The first-order valence-electron chi connectivity index (χ1n) is 4.40. The number of nitrogens with zero attached hydrogens (tertiary/aromatic N) is 2. The van der Waals surface area contributed by atoms with Crippen molar-refractivity contribution in [1.82, 2.24) is 9.97 Å². The molecule has 0 aliphatic carbocycles. The summed E-state index contributed by atoms with van der Waals surface area (Å²) in [7, 11) is 1.56. The molecule has 5 heteroatoms. The Labute approximate surface area is 91.8 Å². The Morgan fingerprint density at radius 2 is 2.29 bits per heavy atom. The summed E-state index contributed by atoms with van der Waals surface area (Å²) >= 11 is 3.27. The summed E-state index contributed by atoms with van der Waals surface area (Å²) in [6.07, 6.45) is 2.64. The van der Waals surface area contributed by atoms with E-state index in [4.69, 9.17) is 9.47 Å². The number of methoxy groups -OCH3 is 1. The molecule has 0 bridgehead atoms. The van der Waals surface area contributed by atoms with Crippen LogP contribution in [0.2, 0.25) is 0 Å². The Hall–Kier alpha value is -0.840. The van der Waals surface area contributed by atoms with Gasteiger partial charge in [0.05, 0.1) is 23.9 Å². The van der Waals surface area contributed by atoms with Crippen molar-refractivity contribution in [3.8, 4) is 11.9 Å². The van der Waals surface area contributed by atoms with Gasteiger partial charge in [-0.3, -0.25) is 0 Å². The van der Waals surface area contributed by atoms with Crippen molar-refractivity contribution in [2.45, 2.75) is 26.4 Å². The molecule has 0 saturated heterocycles. The molecule has 0 spiro atoms.